The van der Waals surface area contributed by atoms with Gasteiger partial charge in [-0.25, -0.2) is 13.2 Å². The summed E-state index contributed by atoms with van der Waals surface area (Å²) in [5.74, 6) is 0.154. The molecule has 0 aromatic heterocycles. The zero-order valence-corrected chi connectivity index (χ0v) is 16.3. The van der Waals surface area contributed by atoms with Crippen molar-refractivity contribution in [3.8, 4) is 0 Å². The lowest BCUT2D eigenvalue weighted by molar-refractivity contribution is 0.163. The molecule has 4 rings (SSSR count). The molecule has 2 aromatic rings. The van der Waals surface area contributed by atoms with Gasteiger partial charge < -0.3 is 10.2 Å². The van der Waals surface area contributed by atoms with E-state index in [9.17, 15) is 13.2 Å². The number of rotatable bonds is 2. The van der Waals surface area contributed by atoms with Gasteiger partial charge in [-0.1, -0.05) is 35.9 Å². The van der Waals surface area contributed by atoms with E-state index in [-0.39, 0.29) is 17.8 Å². The van der Waals surface area contributed by atoms with Crippen LogP contribution in [0.5, 0.6) is 0 Å². The number of benzene rings is 2. The predicted octanol–water partition coefficient (Wildman–Crippen LogP) is 4.08. The molecule has 1 N–H and O–H groups in total. The monoisotopic (exact) mass is 384 g/mol. The first kappa shape index (κ1) is 18.0. The molecule has 1 fully saturated rings. The summed E-state index contributed by atoms with van der Waals surface area (Å²) >= 11 is 0. The Labute approximate surface area is 160 Å². The highest BCUT2D eigenvalue weighted by molar-refractivity contribution is 7.91. The first-order valence-electron chi connectivity index (χ1n) is 9.44. The molecule has 0 bridgehead atoms. The number of anilines is 1. The van der Waals surface area contributed by atoms with Crippen LogP contribution in [0.4, 0.5) is 10.5 Å². The number of hydrogen-bond acceptors (Lipinski definition) is 3. The summed E-state index contributed by atoms with van der Waals surface area (Å²) < 4.78 is 24.3. The van der Waals surface area contributed by atoms with E-state index >= 15 is 0 Å². The summed E-state index contributed by atoms with van der Waals surface area (Å²) in [7, 11) is -3.21. The third kappa shape index (κ3) is 3.58. The number of nitrogens with one attached hydrogen (secondary N) is 1. The fraction of sp³-hybridized carbons (Fsp3) is 0.381. The summed E-state index contributed by atoms with van der Waals surface area (Å²) in [5, 5.41) is 2.91. The van der Waals surface area contributed by atoms with Crippen LogP contribution in [0.3, 0.4) is 0 Å². The summed E-state index contributed by atoms with van der Waals surface area (Å²) in [6.45, 7) is 2.75. The van der Waals surface area contributed by atoms with E-state index < -0.39 is 9.84 Å². The molecule has 6 heteroatoms. The van der Waals surface area contributed by atoms with Gasteiger partial charge >= 0.3 is 6.03 Å². The second kappa shape index (κ2) is 7.00. The van der Waals surface area contributed by atoms with Gasteiger partial charge in [-0.3, -0.25) is 0 Å². The van der Waals surface area contributed by atoms with Gasteiger partial charge in [0.2, 0.25) is 0 Å². The van der Waals surface area contributed by atoms with Crippen molar-refractivity contribution in [3.63, 3.8) is 0 Å². The van der Waals surface area contributed by atoms with Gasteiger partial charge in [0.15, 0.2) is 9.84 Å². The lowest BCUT2D eigenvalue weighted by Gasteiger charge is -2.36. The Balaban J connectivity index is 1.55. The fourth-order valence-electron chi connectivity index (χ4n) is 3.99. The molecular weight excluding hydrogens is 360 g/mol. The normalized spacial score (nSPS) is 20.9. The molecule has 1 atom stereocenters. The third-order valence-corrected chi connectivity index (χ3v) is 7.31. The maximum atomic E-state index is 12.9. The van der Waals surface area contributed by atoms with E-state index in [0.717, 1.165) is 30.4 Å². The van der Waals surface area contributed by atoms with Crippen LogP contribution < -0.4 is 5.32 Å². The van der Waals surface area contributed by atoms with Crippen LogP contribution in [0.1, 0.15) is 42.0 Å². The quantitative estimate of drug-likeness (QED) is 0.848. The van der Waals surface area contributed by atoms with Gasteiger partial charge in [0.25, 0.3) is 0 Å². The van der Waals surface area contributed by atoms with Crippen molar-refractivity contribution in [2.24, 2.45) is 0 Å². The lowest BCUT2D eigenvalue weighted by atomic mass is 9.95. The molecule has 1 saturated heterocycles. The second-order valence-electron chi connectivity index (χ2n) is 7.44. The van der Waals surface area contributed by atoms with Crippen LogP contribution in [-0.2, 0) is 16.3 Å². The molecule has 0 radical (unpaired) electrons. The van der Waals surface area contributed by atoms with Crippen LogP contribution in [0.25, 0.3) is 0 Å². The van der Waals surface area contributed by atoms with Crippen LogP contribution in [0.15, 0.2) is 47.4 Å². The minimum Gasteiger partial charge on any atom is -0.317 e. The average molecular weight is 385 g/mol. The molecule has 2 aliphatic heterocycles. The standard InChI is InChI=1S/C21H24N2O3S/c1-15-5-7-16(8-6-15)19-4-2-3-12-23(19)21(24)22-18-10-9-17-11-13-27(25,26)20(17)14-18/h5-10,14,19H,2-4,11-13H2,1H3,(H,22,24). The average Bonchev–Trinajstić information content (AvgIpc) is 2.97. The molecule has 0 aliphatic carbocycles. The number of likely N-dealkylation sites (tertiary alicyclic amines) is 1. The van der Waals surface area contributed by atoms with Crippen LogP contribution in [0, 0.1) is 6.92 Å². The highest BCUT2D eigenvalue weighted by Crippen LogP contribution is 2.32. The minimum atomic E-state index is -3.21. The van der Waals surface area contributed by atoms with E-state index in [2.05, 4.69) is 36.5 Å². The van der Waals surface area contributed by atoms with Crippen LogP contribution in [-0.4, -0.2) is 31.6 Å². The molecule has 5 nitrogen and oxygen atoms in total. The molecular formula is C21H24N2O3S. The molecule has 2 aromatic carbocycles. The van der Waals surface area contributed by atoms with Gasteiger partial charge in [-0.05, 0) is 55.9 Å². The number of urea groups is 1. The van der Waals surface area contributed by atoms with E-state index in [1.807, 2.05) is 11.0 Å². The van der Waals surface area contributed by atoms with Crippen molar-refractivity contribution in [2.75, 3.05) is 17.6 Å². The highest BCUT2D eigenvalue weighted by atomic mass is 32.2. The predicted molar refractivity (Wildman–Crippen MR) is 106 cm³/mol. The molecule has 0 spiro atoms. The van der Waals surface area contributed by atoms with Crippen molar-refractivity contribution >= 4 is 21.6 Å². The number of nitrogens with zero attached hydrogens (tertiary/aromatic N) is 1. The van der Waals surface area contributed by atoms with Gasteiger partial charge in [-0.15, -0.1) is 0 Å². The summed E-state index contributed by atoms with van der Waals surface area (Å²) in [5.41, 5.74) is 3.72. The smallest absolute Gasteiger partial charge is 0.317 e. The number of carbonyl (C=O) groups excluding carboxylic acids is 1. The van der Waals surface area contributed by atoms with Gasteiger partial charge in [-0.2, -0.15) is 0 Å². The zero-order valence-electron chi connectivity index (χ0n) is 15.4. The van der Waals surface area contributed by atoms with Crippen molar-refractivity contribution in [1.82, 2.24) is 4.90 Å². The SMILES string of the molecule is Cc1ccc(C2CCCCN2C(=O)Nc2ccc3c(c2)S(=O)(=O)CC3)cc1. The molecule has 142 valence electrons. The second-order valence-corrected chi connectivity index (χ2v) is 9.51. The topological polar surface area (TPSA) is 66.5 Å². The Morgan fingerprint density at radius 3 is 2.67 bits per heavy atom. The van der Waals surface area contributed by atoms with Crippen molar-refractivity contribution in [1.29, 1.82) is 0 Å². The first-order chi connectivity index (χ1) is 12.9. The van der Waals surface area contributed by atoms with Gasteiger partial charge in [0.05, 0.1) is 16.7 Å². The Kier molecular flexibility index (Phi) is 4.68. The number of hydrogen-bond donors (Lipinski definition) is 1. The zero-order chi connectivity index (χ0) is 19.0. The lowest BCUT2D eigenvalue weighted by Crippen LogP contribution is -2.41. The van der Waals surface area contributed by atoms with E-state index in [1.165, 1.54) is 5.56 Å². The van der Waals surface area contributed by atoms with Crippen molar-refractivity contribution < 1.29 is 13.2 Å². The first-order valence-corrected chi connectivity index (χ1v) is 11.1. The van der Waals surface area contributed by atoms with Crippen LogP contribution >= 0.6 is 0 Å². The Morgan fingerprint density at radius 2 is 1.89 bits per heavy atom. The largest absolute Gasteiger partial charge is 0.322 e. The summed E-state index contributed by atoms with van der Waals surface area (Å²) in [6.07, 6.45) is 3.57. The van der Waals surface area contributed by atoms with Crippen LogP contribution in [0.2, 0.25) is 0 Å². The number of piperidine rings is 1. The summed E-state index contributed by atoms with van der Waals surface area (Å²) in [6, 6.07) is 13.4. The van der Waals surface area contributed by atoms with Crippen molar-refractivity contribution in [3.05, 3.63) is 59.2 Å². The highest BCUT2D eigenvalue weighted by Gasteiger charge is 2.29. The maximum Gasteiger partial charge on any atom is 0.322 e. The minimum absolute atomic E-state index is 0.0532. The maximum absolute atomic E-state index is 12.9. The number of carbonyl (C=O) groups is 1. The van der Waals surface area contributed by atoms with Gasteiger partial charge in [0, 0.05) is 12.2 Å². The van der Waals surface area contributed by atoms with E-state index in [0.29, 0.717) is 23.5 Å². The Morgan fingerprint density at radius 1 is 1.11 bits per heavy atom. The van der Waals surface area contributed by atoms with Crippen molar-refractivity contribution in [2.45, 2.75) is 43.5 Å². The Bertz CT molecular complexity index is 967. The van der Waals surface area contributed by atoms with E-state index in [1.54, 1.807) is 12.1 Å². The molecule has 2 heterocycles. The molecule has 2 aliphatic rings. The number of aryl methyl sites for hydroxylation is 2. The Hall–Kier alpha value is -2.34. The number of sulfone groups is 1. The summed E-state index contributed by atoms with van der Waals surface area (Å²) in [4.78, 5) is 15.2. The molecule has 27 heavy (non-hydrogen) atoms. The fourth-order valence-corrected chi connectivity index (χ4v) is 5.57. The molecule has 0 saturated carbocycles. The number of fused-ring (bicyclic) bond motifs is 1. The molecule has 2 amide bonds. The van der Waals surface area contributed by atoms with Gasteiger partial charge in [0.1, 0.15) is 0 Å². The number of amides is 2. The molecule has 1 unspecified atom stereocenters. The van der Waals surface area contributed by atoms with E-state index in [4.69, 9.17) is 0 Å². The third-order valence-electron chi connectivity index (χ3n) is 5.52.